The quantitative estimate of drug-likeness (QED) is 0.498. The number of fused-ring (bicyclic) bond motifs is 1. The van der Waals surface area contributed by atoms with Crippen LogP contribution < -0.4 is 11.1 Å². The molecule has 0 bridgehead atoms. The number of hydrogen-bond donors (Lipinski definition) is 2. The molecule has 132 valence electrons. The Morgan fingerprint density at radius 3 is 2.79 bits per heavy atom. The highest BCUT2D eigenvalue weighted by Gasteiger charge is 2.27. The van der Waals surface area contributed by atoms with Crippen molar-refractivity contribution in [3.8, 4) is 0 Å². The van der Waals surface area contributed by atoms with E-state index in [0.717, 1.165) is 36.3 Å². The second kappa shape index (κ2) is 7.60. The normalized spacial score (nSPS) is 14.6. The van der Waals surface area contributed by atoms with E-state index in [-0.39, 0.29) is 6.09 Å². The summed E-state index contributed by atoms with van der Waals surface area (Å²) < 4.78 is 5.48. The van der Waals surface area contributed by atoms with Crippen molar-refractivity contribution < 1.29 is 9.53 Å². The zero-order chi connectivity index (χ0) is 17.7. The third-order valence-electron chi connectivity index (χ3n) is 3.96. The van der Waals surface area contributed by atoms with Crippen molar-refractivity contribution in [2.24, 2.45) is 0 Å². The molecule has 3 N–H and O–H groups in total. The summed E-state index contributed by atoms with van der Waals surface area (Å²) >= 11 is 0. The first-order chi connectivity index (χ1) is 11.3. The second-order valence-electron chi connectivity index (χ2n) is 7.10. The molecular formula is C19H29N3O2. The number of hydrogen-bond acceptors (Lipinski definition) is 4. The molecule has 0 saturated carbocycles. The fraction of sp³-hybridized carbons (Fsp3) is 0.526. The van der Waals surface area contributed by atoms with Crippen molar-refractivity contribution in [1.29, 1.82) is 0 Å². The van der Waals surface area contributed by atoms with Gasteiger partial charge in [0.2, 0.25) is 0 Å². The topological polar surface area (TPSA) is 67.6 Å². The highest BCUT2D eigenvalue weighted by atomic mass is 16.6. The van der Waals surface area contributed by atoms with Crippen molar-refractivity contribution in [1.82, 2.24) is 4.90 Å². The number of ether oxygens (including phenoxy) is 1. The largest absolute Gasteiger partial charge is 0.444 e. The van der Waals surface area contributed by atoms with Gasteiger partial charge in [0.15, 0.2) is 0 Å². The number of allylic oxidation sites excluding steroid dienone is 1. The highest BCUT2D eigenvalue weighted by Crippen LogP contribution is 2.31. The fourth-order valence-corrected chi connectivity index (χ4v) is 2.80. The van der Waals surface area contributed by atoms with E-state index in [1.54, 1.807) is 4.90 Å². The minimum Gasteiger partial charge on any atom is -0.444 e. The predicted molar refractivity (Wildman–Crippen MR) is 99.1 cm³/mol. The van der Waals surface area contributed by atoms with Gasteiger partial charge in [-0.2, -0.15) is 0 Å². The molecule has 0 aromatic heterocycles. The van der Waals surface area contributed by atoms with Gasteiger partial charge in [0.25, 0.3) is 0 Å². The Balaban J connectivity index is 2.11. The molecule has 0 fully saturated rings. The number of rotatable bonds is 4. The summed E-state index contributed by atoms with van der Waals surface area (Å²) in [6, 6.07) is 3.95. The summed E-state index contributed by atoms with van der Waals surface area (Å²) in [6.45, 7) is 9.69. The van der Waals surface area contributed by atoms with E-state index in [2.05, 4.69) is 17.5 Å². The van der Waals surface area contributed by atoms with E-state index in [1.807, 2.05) is 39.8 Å². The molecule has 0 saturated heterocycles. The average molecular weight is 331 g/mol. The molecular weight excluding hydrogens is 302 g/mol. The monoisotopic (exact) mass is 331 g/mol. The highest BCUT2D eigenvalue weighted by molar-refractivity contribution is 5.71. The van der Waals surface area contributed by atoms with E-state index >= 15 is 0 Å². The SMILES string of the molecule is C/C=C/CCNc1ccc(N)c2c1CCN(C(=O)OC(C)(C)C)C2. The van der Waals surface area contributed by atoms with Gasteiger partial charge in [-0.25, -0.2) is 4.79 Å². The van der Waals surface area contributed by atoms with Crippen LogP contribution >= 0.6 is 0 Å². The van der Waals surface area contributed by atoms with E-state index < -0.39 is 5.60 Å². The van der Waals surface area contributed by atoms with E-state index in [4.69, 9.17) is 10.5 Å². The lowest BCUT2D eigenvalue weighted by atomic mass is 9.96. The van der Waals surface area contributed by atoms with E-state index in [9.17, 15) is 4.79 Å². The van der Waals surface area contributed by atoms with Gasteiger partial charge in [-0.15, -0.1) is 0 Å². The van der Waals surface area contributed by atoms with E-state index in [1.165, 1.54) is 5.56 Å². The minimum absolute atomic E-state index is 0.279. The Hall–Kier alpha value is -2.17. The van der Waals surface area contributed by atoms with Crippen LogP contribution in [0.25, 0.3) is 0 Å². The summed E-state index contributed by atoms with van der Waals surface area (Å²) in [7, 11) is 0. The first-order valence-electron chi connectivity index (χ1n) is 8.55. The molecule has 5 nitrogen and oxygen atoms in total. The Morgan fingerprint density at radius 1 is 1.38 bits per heavy atom. The number of benzene rings is 1. The zero-order valence-corrected chi connectivity index (χ0v) is 15.2. The molecule has 0 radical (unpaired) electrons. The van der Waals surface area contributed by atoms with Gasteiger partial charge in [-0.05, 0) is 63.8 Å². The Bertz CT molecular complexity index is 618. The molecule has 24 heavy (non-hydrogen) atoms. The molecule has 5 heteroatoms. The summed E-state index contributed by atoms with van der Waals surface area (Å²) in [5.41, 5.74) is 9.77. The molecule has 1 heterocycles. The zero-order valence-electron chi connectivity index (χ0n) is 15.2. The van der Waals surface area contributed by atoms with Crippen LogP contribution in [0, 0.1) is 0 Å². The third-order valence-corrected chi connectivity index (χ3v) is 3.96. The number of amides is 1. The maximum atomic E-state index is 12.3. The number of nitrogen functional groups attached to an aromatic ring is 1. The fourth-order valence-electron chi connectivity index (χ4n) is 2.80. The van der Waals surface area contributed by atoms with Crippen molar-refractivity contribution in [2.75, 3.05) is 24.1 Å². The van der Waals surface area contributed by atoms with Gasteiger partial charge in [-0.1, -0.05) is 12.2 Å². The van der Waals surface area contributed by atoms with Crippen molar-refractivity contribution in [2.45, 2.75) is 52.7 Å². The van der Waals surface area contributed by atoms with Crippen LogP contribution in [-0.2, 0) is 17.7 Å². The molecule has 2 rings (SSSR count). The van der Waals surface area contributed by atoms with Crippen LogP contribution in [0.4, 0.5) is 16.2 Å². The van der Waals surface area contributed by atoms with Gasteiger partial charge in [0, 0.05) is 24.5 Å². The van der Waals surface area contributed by atoms with Crippen molar-refractivity contribution in [3.63, 3.8) is 0 Å². The van der Waals surface area contributed by atoms with Crippen molar-refractivity contribution >= 4 is 17.5 Å². The molecule has 0 aliphatic carbocycles. The number of nitrogens with one attached hydrogen (secondary N) is 1. The number of carbonyl (C=O) groups is 1. The standard InChI is InChI=1S/C19H29N3O2/c1-5-6-7-11-21-17-9-8-16(20)15-13-22(12-10-14(15)17)18(23)24-19(2,3)4/h5-6,8-9,21H,7,10-13,20H2,1-4H3/b6-5+. The first kappa shape index (κ1) is 18.2. The maximum Gasteiger partial charge on any atom is 0.410 e. The lowest BCUT2D eigenvalue weighted by Gasteiger charge is -2.32. The number of carbonyl (C=O) groups excluding carboxylic acids is 1. The van der Waals surface area contributed by atoms with E-state index in [0.29, 0.717) is 13.1 Å². The third kappa shape index (κ3) is 4.66. The lowest BCUT2D eigenvalue weighted by Crippen LogP contribution is -2.40. The van der Waals surface area contributed by atoms with Gasteiger partial charge in [0.05, 0.1) is 6.54 Å². The van der Waals surface area contributed by atoms with Crippen molar-refractivity contribution in [3.05, 3.63) is 35.4 Å². The molecule has 1 aliphatic heterocycles. The van der Waals surface area contributed by atoms with Crippen LogP contribution in [0.15, 0.2) is 24.3 Å². The predicted octanol–water partition coefficient (Wildman–Crippen LogP) is 3.94. The second-order valence-corrected chi connectivity index (χ2v) is 7.10. The first-order valence-corrected chi connectivity index (χ1v) is 8.55. The smallest absolute Gasteiger partial charge is 0.410 e. The van der Waals surface area contributed by atoms with Gasteiger partial charge < -0.3 is 20.7 Å². The number of nitrogens with two attached hydrogens (primary N) is 1. The Kier molecular flexibility index (Phi) is 5.75. The van der Waals surface area contributed by atoms with Crippen LogP contribution in [0.3, 0.4) is 0 Å². The number of nitrogens with zero attached hydrogens (tertiary/aromatic N) is 1. The summed E-state index contributed by atoms with van der Waals surface area (Å²) in [6.07, 6.45) is 5.68. The lowest BCUT2D eigenvalue weighted by molar-refractivity contribution is 0.0224. The Morgan fingerprint density at radius 2 is 2.12 bits per heavy atom. The molecule has 1 amide bonds. The minimum atomic E-state index is -0.487. The maximum absolute atomic E-state index is 12.3. The van der Waals surface area contributed by atoms with Crippen LogP contribution in [0.1, 0.15) is 45.2 Å². The summed E-state index contributed by atoms with van der Waals surface area (Å²) in [4.78, 5) is 14.0. The van der Waals surface area contributed by atoms with Crippen LogP contribution in [0.5, 0.6) is 0 Å². The Labute approximate surface area is 144 Å². The summed E-state index contributed by atoms with van der Waals surface area (Å²) in [5, 5.41) is 3.48. The molecule has 1 aliphatic rings. The van der Waals surface area contributed by atoms with Gasteiger partial charge >= 0.3 is 6.09 Å². The van der Waals surface area contributed by atoms with Gasteiger partial charge in [0.1, 0.15) is 5.60 Å². The molecule has 0 atom stereocenters. The molecule has 1 aromatic carbocycles. The molecule has 0 spiro atoms. The molecule has 0 unspecified atom stereocenters. The average Bonchev–Trinajstić information content (AvgIpc) is 2.51. The van der Waals surface area contributed by atoms with Gasteiger partial charge in [-0.3, -0.25) is 0 Å². The number of anilines is 2. The molecule has 1 aromatic rings. The van der Waals surface area contributed by atoms with Crippen LogP contribution in [-0.4, -0.2) is 29.7 Å². The summed E-state index contributed by atoms with van der Waals surface area (Å²) in [5.74, 6) is 0. The van der Waals surface area contributed by atoms with Crippen LogP contribution in [0.2, 0.25) is 0 Å².